The first-order valence-electron chi connectivity index (χ1n) is 7.70. The van der Waals surface area contributed by atoms with Gasteiger partial charge in [-0.1, -0.05) is 17.7 Å². The highest BCUT2D eigenvalue weighted by molar-refractivity contribution is 7.85. The fraction of sp³-hybridized carbons (Fsp3) is 0.375. The van der Waals surface area contributed by atoms with Crippen molar-refractivity contribution in [1.82, 2.24) is 15.1 Å². The second-order valence-corrected chi connectivity index (χ2v) is 6.93. The normalized spacial score (nSPS) is 13.0. The Balaban J connectivity index is 0.000000186. The number of hydrogen-bond donors (Lipinski definition) is 2. The molecule has 9 heteroatoms. The topological polar surface area (TPSA) is 111 Å². The smallest absolute Gasteiger partial charge is 0.356 e. The molecule has 0 amide bonds. The number of fused-ring (bicyclic) bond motifs is 1. The Hall–Kier alpha value is -2.23. The van der Waals surface area contributed by atoms with Gasteiger partial charge >= 0.3 is 5.97 Å². The largest absolute Gasteiger partial charge is 0.461 e. The lowest BCUT2D eigenvalue weighted by Crippen LogP contribution is -2.14. The summed E-state index contributed by atoms with van der Waals surface area (Å²) in [5.74, 6) is -0.285. The predicted molar refractivity (Wildman–Crippen MR) is 90.7 cm³/mol. The van der Waals surface area contributed by atoms with Crippen LogP contribution in [-0.4, -0.2) is 35.3 Å². The highest BCUT2D eigenvalue weighted by Crippen LogP contribution is 2.19. The van der Waals surface area contributed by atoms with Crippen LogP contribution in [0.5, 0.6) is 0 Å². The van der Waals surface area contributed by atoms with E-state index < -0.39 is 10.1 Å². The number of nitrogens with zero attached hydrogens (tertiary/aromatic N) is 2. The van der Waals surface area contributed by atoms with Crippen molar-refractivity contribution < 1.29 is 22.5 Å². The Bertz CT molecular complexity index is 857. The molecule has 3 rings (SSSR count). The van der Waals surface area contributed by atoms with Crippen molar-refractivity contribution in [1.29, 1.82) is 0 Å². The lowest BCUT2D eigenvalue weighted by Gasteiger charge is -2.03. The van der Waals surface area contributed by atoms with E-state index in [0.717, 1.165) is 23.4 Å². The van der Waals surface area contributed by atoms with Crippen LogP contribution in [0.1, 0.15) is 34.2 Å². The minimum Gasteiger partial charge on any atom is -0.461 e. The highest BCUT2D eigenvalue weighted by Gasteiger charge is 2.25. The Kier molecular flexibility index (Phi) is 5.93. The zero-order chi connectivity index (χ0) is 18.6. The Morgan fingerprint density at radius 1 is 1.32 bits per heavy atom. The molecule has 0 aliphatic carbocycles. The summed E-state index contributed by atoms with van der Waals surface area (Å²) >= 11 is 0. The molecule has 0 atom stereocenters. The number of aryl methyl sites for hydroxylation is 2. The maximum Gasteiger partial charge on any atom is 0.356 e. The standard InChI is InChI=1S/C9H13N3O2.C7H8O3S/c1-3-14-9(13)8-6-4-10-5-7(6)11-12(8)2;1-6-2-4-7(5-3-6)11(8,9)10/h10H,3-5H2,1-2H3;2-5H,1H3,(H,8,9,10). The highest BCUT2D eigenvalue weighted by atomic mass is 32.2. The third-order valence-corrected chi connectivity index (χ3v) is 4.48. The Morgan fingerprint density at radius 3 is 2.52 bits per heavy atom. The molecule has 2 heterocycles. The van der Waals surface area contributed by atoms with E-state index in [-0.39, 0.29) is 10.9 Å². The van der Waals surface area contributed by atoms with Crippen LogP contribution < -0.4 is 5.32 Å². The van der Waals surface area contributed by atoms with Gasteiger partial charge in [0.1, 0.15) is 0 Å². The van der Waals surface area contributed by atoms with E-state index in [1.165, 1.54) is 12.1 Å². The fourth-order valence-corrected chi connectivity index (χ4v) is 2.90. The molecule has 2 aromatic rings. The molecule has 25 heavy (non-hydrogen) atoms. The number of aromatic nitrogens is 2. The number of carbonyl (C=O) groups is 1. The summed E-state index contributed by atoms with van der Waals surface area (Å²) in [6.45, 7) is 5.48. The van der Waals surface area contributed by atoms with E-state index in [9.17, 15) is 13.2 Å². The molecule has 8 nitrogen and oxygen atoms in total. The zero-order valence-corrected chi connectivity index (χ0v) is 15.1. The molecule has 2 N–H and O–H groups in total. The Labute approximate surface area is 146 Å². The van der Waals surface area contributed by atoms with Crippen molar-refractivity contribution in [3.63, 3.8) is 0 Å². The van der Waals surface area contributed by atoms with Crippen LogP contribution in [0.25, 0.3) is 0 Å². The van der Waals surface area contributed by atoms with Crippen molar-refractivity contribution >= 4 is 16.1 Å². The van der Waals surface area contributed by atoms with Gasteiger partial charge in [-0.3, -0.25) is 9.23 Å². The third-order valence-electron chi connectivity index (χ3n) is 3.61. The summed E-state index contributed by atoms with van der Waals surface area (Å²) in [6.07, 6.45) is 0. The molecule has 1 aromatic heterocycles. The van der Waals surface area contributed by atoms with Crippen LogP contribution in [0, 0.1) is 6.92 Å². The van der Waals surface area contributed by atoms with Gasteiger partial charge in [-0.2, -0.15) is 13.5 Å². The Morgan fingerprint density at radius 2 is 1.96 bits per heavy atom. The van der Waals surface area contributed by atoms with Gasteiger partial charge in [0.2, 0.25) is 0 Å². The predicted octanol–water partition coefficient (Wildman–Crippen LogP) is 1.44. The van der Waals surface area contributed by atoms with Gasteiger partial charge in [0.25, 0.3) is 10.1 Å². The molecule has 1 aliphatic heterocycles. The summed E-state index contributed by atoms with van der Waals surface area (Å²) in [5, 5.41) is 7.40. The SMILES string of the molecule is CCOC(=O)c1c2c(nn1C)CNC2.Cc1ccc(S(=O)(=O)O)cc1. The van der Waals surface area contributed by atoms with Crippen LogP contribution in [0.3, 0.4) is 0 Å². The number of rotatable bonds is 3. The number of esters is 1. The van der Waals surface area contributed by atoms with Crippen LogP contribution in [0.15, 0.2) is 29.2 Å². The molecular weight excluding hydrogens is 346 g/mol. The van der Waals surface area contributed by atoms with Crippen molar-refractivity contribution in [2.24, 2.45) is 7.05 Å². The number of ether oxygens (including phenoxy) is 1. The van der Waals surface area contributed by atoms with Crippen LogP contribution >= 0.6 is 0 Å². The van der Waals surface area contributed by atoms with Gasteiger partial charge in [0.05, 0.1) is 17.2 Å². The van der Waals surface area contributed by atoms with Gasteiger partial charge in [0.15, 0.2) is 5.69 Å². The van der Waals surface area contributed by atoms with Crippen LogP contribution in [-0.2, 0) is 35.0 Å². The number of benzene rings is 1. The molecule has 1 aromatic carbocycles. The molecule has 0 fully saturated rings. The monoisotopic (exact) mass is 367 g/mol. The van der Waals surface area contributed by atoms with Crippen molar-refractivity contribution in [3.8, 4) is 0 Å². The average molecular weight is 367 g/mol. The second-order valence-electron chi connectivity index (χ2n) is 5.51. The van der Waals surface area contributed by atoms with Crippen LogP contribution in [0.4, 0.5) is 0 Å². The van der Waals surface area contributed by atoms with Crippen LogP contribution in [0.2, 0.25) is 0 Å². The average Bonchev–Trinajstić information content (AvgIpc) is 3.07. The third kappa shape index (κ3) is 4.65. The lowest BCUT2D eigenvalue weighted by atomic mass is 10.2. The molecule has 0 spiro atoms. The van der Waals surface area contributed by atoms with E-state index in [1.54, 1.807) is 30.8 Å². The summed E-state index contributed by atoms with van der Waals surface area (Å²) < 4.78 is 36.1. The molecule has 0 bridgehead atoms. The lowest BCUT2D eigenvalue weighted by molar-refractivity contribution is 0.0512. The van der Waals surface area contributed by atoms with Gasteiger partial charge in [-0.15, -0.1) is 0 Å². The van der Waals surface area contributed by atoms with Gasteiger partial charge in [-0.25, -0.2) is 4.79 Å². The summed E-state index contributed by atoms with van der Waals surface area (Å²) in [7, 11) is -2.25. The number of carbonyl (C=O) groups excluding carboxylic acids is 1. The first-order chi connectivity index (χ1) is 11.7. The van der Waals surface area contributed by atoms with E-state index in [1.807, 2.05) is 6.92 Å². The van der Waals surface area contributed by atoms with E-state index in [0.29, 0.717) is 18.8 Å². The summed E-state index contributed by atoms with van der Waals surface area (Å²) in [5.41, 5.74) is 3.46. The van der Waals surface area contributed by atoms with Crippen molar-refractivity contribution in [2.45, 2.75) is 31.8 Å². The molecular formula is C16H21N3O5S. The molecule has 0 saturated carbocycles. The second kappa shape index (κ2) is 7.77. The first-order valence-corrected chi connectivity index (χ1v) is 9.14. The fourth-order valence-electron chi connectivity index (χ4n) is 2.42. The number of nitrogens with one attached hydrogen (secondary N) is 1. The zero-order valence-electron chi connectivity index (χ0n) is 14.3. The maximum absolute atomic E-state index is 11.6. The summed E-state index contributed by atoms with van der Waals surface area (Å²) in [4.78, 5) is 11.5. The molecule has 136 valence electrons. The van der Waals surface area contributed by atoms with E-state index in [2.05, 4.69) is 10.4 Å². The molecule has 0 radical (unpaired) electrons. The van der Waals surface area contributed by atoms with Gasteiger partial charge in [0, 0.05) is 25.7 Å². The van der Waals surface area contributed by atoms with Crippen molar-refractivity contribution in [3.05, 3.63) is 46.8 Å². The maximum atomic E-state index is 11.6. The summed E-state index contributed by atoms with van der Waals surface area (Å²) in [6, 6.07) is 5.99. The first kappa shape index (κ1) is 19.1. The number of hydrogen-bond acceptors (Lipinski definition) is 6. The molecule has 1 aliphatic rings. The minimum atomic E-state index is -4.02. The quantitative estimate of drug-likeness (QED) is 0.624. The van der Waals surface area contributed by atoms with Gasteiger partial charge in [-0.05, 0) is 26.0 Å². The molecule has 0 unspecified atom stereocenters. The minimum absolute atomic E-state index is 0.0666. The molecule has 0 saturated heterocycles. The van der Waals surface area contributed by atoms with E-state index in [4.69, 9.17) is 9.29 Å². The van der Waals surface area contributed by atoms with E-state index >= 15 is 0 Å². The van der Waals surface area contributed by atoms with Gasteiger partial charge < -0.3 is 10.1 Å². The van der Waals surface area contributed by atoms with Crippen molar-refractivity contribution in [2.75, 3.05) is 6.61 Å².